The Balaban J connectivity index is 1.97. The Morgan fingerprint density at radius 2 is 2.19 bits per heavy atom. The van der Waals surface area contributed by atoms with Crippen LogP contribution in [0.25, 0.3) is 0 Å². The third-order valence-corrected chi connectivity index (χ3v) is 5.36. The van der Waals surface area contributed by atoms with E-state index in [4.69, 9.17) is 0 Å². The second-order valence-corrected chi connectivity index (χ2v) is 7.37. The third kappa shape index (κ3) is 4.34. The molecule has 0 amide bonds. The molecule has 0 saturated carbocycles. The lowest BCUT2D eigenvalue weighted by atomic mass is 10.4. The number of hydrogen-bond donors (Lipinski definition) is 2. The van der Waals surface area contributed by atoms with Crippen molar-refractivity contribution >= 4 is 21.4 Å². The molecule has 0 spiro atoms. The summed E-state index contributed by atoms with van der Waals surface area (Å²) < 4.78 is 28.6. The molecule has 9 heteroatoms. The molecule has 0 unspecified atom stereocenters. The fraction of sp³-hybridized carbons (Fsp3) is 0.500. The molecule has 0 saturated heterocycles. The van der Waals surface area contributed by atoms with Crippen molar-refractivity contribution in [1.82, 2.24) is 24.8 Å². The van der Waals surface area contributed by atoms with E-state index in [1.165, 1.54) is 17.7 Å². The first kappa shape index (κ1) is 16.1. The van der Waals surface area contributed by atoms with Gasteiger partial charge in [-0.2, -0.15) is 0 Å². The highest BCUT2D eigenvalue weighted by Crippen LogP contribution is 2.19. The molecule has 0 aliphatic rings. The Bertz CT molecular complexity index is 677. The lowest BCUT2D eigenvalue weighted by Crippen LogP contribution is -2.24. The molecular weight excluding hydrogens is 310 g/mol. The predicted molar refractivity (Wildman–Crippen MR) is 81.3 cm³/mol. The van der Waals surface area contributed by atoms with Crippen LogP contribution in [0.4, 0.5) is 0 Å². The number of thiophene rings is 1. The largest absolute Gasteiger partial charge is 0.320 e. The molecule has 0 aromatic carbocycles. The monoisotopic (exact) mass is 329 g/mol. The van der Waals surface area contributed by atoms with Crippen molar-refractivity contribution < 1.29 is 8.42 Å². The SMILES string of the molecule is CCCNCc1cc(S(=O)(=O)NCc2nncn2C)cs1. The standard InChI is InChI=1S/C12H19N5O2S2/c1-3-4-13-6-10-5-11(8-20-10)21(18,19)15-7-12-16-14-9-17(12)2/h5,8-9,13,15H,3-4,6-7H2,1-2H3. The van der Waals surface area contributed by atoms with Crippen LogP contribution in [0, 0.1) is 0 Å². The Kier molecular flexibility index (Phi) is 5.45. The van der Waals surface area contributed by atoms with Gasteiger partial charge in [0.1, 0.15) is 12.2 Å². The first-order chi connectivity index (χ1) is 10.0. The van der Waals surface area contributed by atoms with Gasteiger partial charge in [-0.25, -0.2) is 13.1 Å². The van der Waals surface area contributed by atoms with Crippen molar-refractivity contribution in [2.75, 3.05) is 6.54 Å². The van der Waals surface area contributed by atoms with E-state index in [-0.39, 0.29) is 6.54 Å². The Morgan fingerprint density at radius 1 is 1.38 bits per heavy atom. The van der Waals surface area contributed by atoms with Crippen LogP contribution in [0.3, 0.4) is 0 Å². The van der Waals surface area contributed by atoms with Crippen molar-refractivity contribution in [2.45, 2.75) is 31.3 Å². The normalized spacial score (nSPS) is 11.9. The average molecular weight is 329 g/mol. The molecule has 0 aliphatic carbocycles. The molecule has 0 fully saturated rings. The van der Waals surface area contributed by atoms with Crippen molar-refractivity contribution in [3.05, 3.63) is 28.5 Å². The number of aromatic nitrogens is 3. The fourth-order valence-corrected chi connectivity index (χ4v) is 3.92. The van der Waals surface area contributed by atoms with Gasteiger partial charge in [-0.05, 0) is 19.0 Å². The van der Waals surface area contributed by atoms with Crippen LogP contribution in [0.2, 0.25) is 0 Å². The zero-order chi connectivity index (χ0) is 15.3. The molecule has 7 nitrogen and oxygen atoms in total. The number of nitrogens with one attached hydrogen (secondary N) is 2. The molecule has 2 aromatic heterocycles. The minimum Gasteiger partial charge on any atom is -0.320 e. The van der Waals surface area contributed by atoms with Gasteiger partial charge in [-0.3, -0.25) is 0 Å². The van der Waals surface area contributed by atoms with Crippen molar-refractivity contribution in [2.24, 2.45) is 7.05 Å². The van der Waals surface area contributed by atoms with Crippen LogP contribution in [0.15, 0.2) is 22.7 Å². The van der Waals surface area contributed by atoms with E-state index in [9.17, 15) is 8.42 Å². The zero-order valence-corrected chi connectivity index (χ0v) is 13.7. The Labute approximate surface area is 128 Å². The minimum atomic E-state index is -3.51. The van der Waals surface area contributed by atoms with Crippen molar-refractivity contribution in [1.29, 1.82) is 0 Å². The first-order valence-corrected chi connectivity index (χ1v) is 9.00. The number of sulfonamides is 1. The summed E-state index contributed by atoms with van der Waals surface area (Å²) in [7, 11) is -1.74. The molecule has 0 bridgehead atoms. The molecule has 2 aromatic rings. The predicted octanol–water partition coefficient (Wildman–Crippen LogP) is 0.855. The maximum absolute atomic E-state index is 12.2. The van der Waals surface area contributed by atoms with Gasteiger partial charge in [-0.1, -0.05) is 6.92 Å². The summed E-state index contributed by atoms with van der Waals surface area (Å²) >= 11 is 1.44. The average Bonchev–Trinajstić information content (AvgIpc) is 3.06. The molecular formula is C12H19N5O2S2. The highest BCUT2D eigenvalue weighted by Gasteiger charge is 2.17. The molecule has 0 radical (unpaired) electrons. The molecule has 0 atom stereocenters. The Morgan fingerprint density at radius 3 is 2.86 bits per heavy atom. The zero-order valence-electron chi connectivity index (χ0n) is 12.0. The summed E-state index contributed by atoms with van der Waals surface area (Å²) in [4.78, 5) is 1.30. The Hall–Kier alpha value is -1.29. The van der Waals surface area contributed by atoms with E-state index in [1.54, 1.807) is 23.1 Å². The van der Waals surface area contributed by atoms with Crippen LogP contribution < -0.4 is 10.0 Å². The third-order valence-electron chi connectivity index (χ3n) is 2.89. The highest BCUT2D eigenvalue weighted by molar-refractivity contribution is 7.89. The van der Waals surface area contributed by atoms with Crippen LogP contribution in [0.5, 0.6) is 0 Å². The molecule has 0 aliphatic heterocycles. The van der Waals surface area contributed by atoms with E-state index in [0.717, 1.165) is 17.8 Å². The molecule has 2 heterocycles. The van der Waals surface area contributed by atoms with Gasteiger partial charge >= 0.3 is 0 Å². The maximum atomic E-state index is 12.2. The van der Waals surface area contributed by atoms with Gasteiger partial charge < -0.3 is 9.88 Å². The van der Waals surface area contributed by atoms with Gasteiger partial charge in [0.15, 0.2) is 0 Å². The van der Waals surface area contributed by atoms with E-state index in [1.807, 2.05) is 0 Å². The molecule has 2 N–H and O–H groups in total. The summed E-state index contributed by atoms with van der Waals surface area (Å²) in [6.45, 7) is 3.83. The van der Waals surface area contributed by atoms with Crippen LogP contribution in [0.1, 0.15) is 24.0 Å². The summed E-state index contributed by atoms with van der Waals surface area (Å²) in [6.07, 6.45) is 2.58. The van der Waals surface area contributed by atoms with Gasteiger partial charge in [0.05, 0.1) is 11.4 Å². The lowest BCUT2D eigenvalue weighted by molar-refractivity contribution is 0.577. The van der Waals surface area contributed by atoms with E-state index in [0.29, 0.717) is 17.3 Å². The van der Waals surface area contributed by atoms with Crippen molar-refractivity contribution in [3.63, 3.8) is 0 Å². The van der Waals surface area contributed by atoms with Crippen molar-refractivity contribution in [3.8, 4) is 0 Å². The van der Waals surface area contributed by atoms with E-state index < -0.39 is 10.0 Å². The summed E-state index contributed by atoms with van der Waals surface area (Å²) in [5.74, 6) is 0.568. The van der Waals surface area contributed by atoms with Gasteiger partial charge in [-0.15, -0.1) is 21.5 Å². The second-order valence-electron chi connectivity index (χ2n) is 4.61. The minimum absolute atomic E-state index is 0.123. The topological polar surface area (TPSA) is 88.9 Å². The van der Waals surface area contributed by atoms with Crippen LogP contribution >= 0.6 is 11.3 Å². The summed E-state index contributed by atoms with van der Waals surface area (Å²) in [5, 5.41) is 12.5. The number of nitrogens with zero attached hydrogens (tertiary/aromatic N) is 3. The first-order valence-electron chi connectivity index (χ1n) is 6.63. The number of rotatable bonds is 8. The maximum Gasteiger partial charge on any atom is 0.241 e. The summed E-state index contributed by atoms with van der Waals surface area (Å²) in [6, 6.07) is 1.70. The van der Waals surface area contributed by atoms with Crippen LogP contribution in [-0.4, -0.2) is 29.7 Å². The fourth-order valence-electron chi connectivity index (χ4n) is 1.69. The quantitative estimate of drug-likeness (QED) is 0.701. The molecule has 21 heavy (non-hydrogen) atoms. The van der Waals surface area contributed by atoms with Gasteiger partial charge in [0.25, 0.3) is 0 Å². The number of aryl methyl sites for hydroxylation is 1. The second kappa shape index (κ2) is 7.12. The molecule has 116 valence electrons. The van der Waals surface area contributed by atoms with E-state index >= 15 is 0 Å². The van der Waals surface area contributed by atoms with Gasteiger partial charge in [0, 0.05) is 23.8 Å². The lowest BCUT2D eigenvalue weighted by Gasteiger charge is -2.04. The smallest absolute Gasteiger partial charge is 0.241 e. The van der Waals surface area contributed by atoms with E-state index in [2.05, 4.69) is 27.2 Å². The number of hydrogen-bond acceptors (Lipinski definition) is 6. The van der Waals surface area contributed by atoms with Crippen LogP contribution in [-0.2, 0) is 30.2 Å². The highest BCUT2D eigenvalue weighted by atomic mass is 32.2. The molecule has 2 rings (SSSR count). The summed E-state index contributed by atoms with van der Waals surface area (Å²) in [5.41, 5.74) is 0. The van der Waals surface area contributed by atoms with Gasteiger partial charge in [0.2, 0.25) is 10.0 Å².